The Bertz CT molecular complexity index is 351. The number of carbonyl (C=O) groups is 1. The molecule has 0 amide bonds. The number of halogens is 1. The molecule has 1 rings (SSSR count). The third-order valence-electron chi connectivity index (χ3n) is 1.87. The first kappa shape index (κ1) is 12.1. The minimum Gasteiger partial charge on any atom is -0.495 e. The predicted molar refractivity (Wildman–Crippen MR) is 63.6 cm³/mol. The Labute approximate surface area is 102 Å². The van der Waals surface area contributed by atoms with Gasteiger partial charge in [0.25, 0.3) is 0 Å². The first-order chi connectivity index (χ1) is 7.13. The minimum absolute atomic E-state index is 0.409. The standard InChI is InChI=1S/C10H11IO4/c1-13-7-4-6(10(12)15-3)5-8(14-2)9(7)11/h4-5H,1-3H3. The largest absolute Gasteiger partial charge is 0.495 e. The molecular formula is C10H11IO4. The topological polar surface area (TPSA) is 44.8 Å². The van der Waals surface area contributed by atoms with Crippen LogP contribution in [-0.2, 0) is 4.74 Å². The molecule has 0 atom stereocenters. The molecule has 0 radical (unpaired) electrons. The van der Waals surface area contributed by atoms with Crippen molar-refractivity contribution in [3.05, 3.63) is 21.3 Å². The van der Waals surface area contributed by atoms with E-state index in [-0.39, 0.29) is 0 Å². The molecule has 1 aromatic rings. The number of benzene rings is 1. The van der Waals surface area contributed by atoms with Crippen LogP contribution in [0, 0.1) is 3.57 Å². The van der Waals surface area contributed by atoms with Crippen LogP contribution in [0.25, 0.3) is 0 Å². The molecule has 4 nitrogen and oxygen atoms in total. The second-order valence-electron chi connectivity index (χ2n) is 2.69. The van der Waals surface area contributed by atoms with Gasteiger partial charge in [-0.25, -0.2) is 4.79 Å². The van der Waals surface area contributed by atoms with Crippen LogP contribution >= 0.6 is 22.6 Å². The Hall–Kier alpha value is -0.980. The summed E-state index contributed by atoms with van der Waals surface area (Å²) in [7, 11) is 4.41. The summed E-state index contributed by atoms with van der Waals surface area (Å²) in [6.07, 6.45) is 0. The molecule has 0 unspecified atom stereocenters. The molecule has 0 aromatic heterocycles. The summed E-state index contributed by atoms with van der Waals surface area (Å²) in [5.41, 5.74) is 0.409. The van der Waals surface area contributed by atoms with Crippen molar-refractivity contribution < 1.29 is 19.0 Å². The molecule has 15 heavy (non-hydrogen) atoms. The third-order valence-corrected chi connectivity index (χ3v) is 2.93. The highest BCUT2D eigenvalue weighted by Crippen LogP contribution is 2.31. The lowest BCUT2D eigenvalue weighted by Crippen LogP contribution is -2.03. The molecule has 0 fully saturated rings. The summed E-state index contributed by atoms with van der Waals surface area (Å²) in [5, 5.41) is 0. The molecule has 0 aliphatic rings. The van der Waals surface area contributed by atoms with Gasteiger partial charge < -0.3 is 14.2 Å². The van der Waals surface area contributed by atoms with Crippen molar-refractivity contribution in [3.63, 3.8) is 0 Å². The SMILES string of the molecule is COC(=O)c1cc(OC)c(I)c(OC)c1. The summed E-state index contributed by atoms with van der Waals surface area (Å²) in [5.74, 6) is 0.772. The zero-order valence-corrected chi connectivity index (χ0v) is 10.8. The molecular weight excluding hydrogens is 311 g/mol. The number of esters is 1. The number of hydrogen-bond donors (Lipinski definition) is 0. The van der Waals surface area contributed by atoms with Crippen molar-refractivity contribution in [2.75, 3.05) is 21.3 Å². The first-order valence-corrected chi connectivity index (χ1v) is 5.21. The molecule has 1 aromatic carbocycles. The fourth-order valence-electron chi connectivity index (χ4n) is 1.11. The van der Waals surface area contributed by atoms with Gasteiger partial charge in [-0.15, -0.1) is 0 Å². The molecule has 0 bridgehead atoms. The van der Waals surface area contributed by atoms with E-state index in [1.165, 1.54) is 21.3 Å². The summed E-state index contributed by atoms with van der Waals surface area (Å²) in [6, 6.07) is 3.24. The van der Waals surface area contributed by atoms with Crippen LogP contribution in [0.4, 0.5) is 0 Å². The summed E-state index contributed by atoms with van der Waals surface area (Å²) < 4.78 is 15.7. The van der Waals surface area contributed by atoms with Gasteiger partial charge in [-0.2, -0.15) is 0 Å². The van der Waals surface area contributed by atoms with Crippen molar-refractivity contribution in [2.24, 2.45) is 0 Å². The van der Waals surface area contributed by atoms with E-state index in [9.17, 15) is 4.79 Å². The second kappa shape index (κ2) is 5.20. The van der Waals surface area contributed by atoms with Gasteiger partial charge in [-0.3, -0.25) is 0 Å². The Morgan fingerprint density at radius 2 is 1.60 bits per heavy atom. The molecule has 0 aliphatic heterocycles. The van der Waals surface area contributed by atoms with Gasteiger partial charge in [0.1, 0.15) is 11.5 Å². The Morgan fingerprint density at radius 3 is 1.93 bits per heavy atom. The van der Waals surface area contributed by atoms with E-state index in [1.54, 1.807) is 12.1 Å². The monoisotopic (exact) mass is 322 g/mol. The lowest BCUT2D eigenvalue weighted by molar-refractivity contribution is 0.0600. The van der Waals surface area contributed by atoms with Gasteiger partial charge in [0.2, 0.25) is 0 Å². The lowest BCUT2D eigenvalue weighted by atomic mass is 10.2. The van der Waals surface area contributed by atoms with E-state index in [0.29, 0.717) is 17.1 Å². The fourth-order valence-corrected chi connectivity index (χ4v) is 1.86. The highest BCUT2D eigenvalue weighted by Gasteiger charge is 2.14. The maximum Gasteiger partial charge on any atom is 0.338 e. The zero-order chi connectivity index (χ0) is 11.4. The maximum absolute atomic E-state index is 11.3. The summed E-state index contributed by atoms with van der Waals surface area (Å²) >= 11 is 2.09. The van der Waals surface area contributed by atoms with Crippen LogP contribution in [0.15, 0.2) is 12.1 Å². The molecule has 82 valence electrons. The number of ether oxygens (including phenoxy) is 3. The van der Waals surface area contributed by atoms with Crippen LogP contribution in [0.1, 0.15) is 10.4 Å². The summed E-state index contributed by atoms with van der Waals surface area (Å²) in [6.45, 7) is 0. The van der Waals surface area contributed by atoms with Crippen molar-refractivity contribution in [1.82, 2.24) is 0 Å². The maximum atomic E-state index is 11.3. The number of carbonyl (C=O) groups excluding carboxylic acids is 1. The van der Waals surface area contributed by atoms with Gasteiger partial charge in [-0.05, 0) is 34.7 Å². The van der Waals surface area contributed by atoms with Crippen LogP contribution in [0.5, 0.6) is 11.5 Å². The van der Waals surface area contributed by atoms with Gasteiger partial charge in [0.05, 0.1) is 30.5 Å². The summed E-state index contributed by atoms with van der Waals surface area (Å²) in [4.78, 5) is 11.3. The molecule has 0 aliphatic carbocycles. The van der Waals surface area contributed by atoms with Crippen molar-refractivity contribution in [2.45, 2.75) is 0 Å². The van der Waals surface area contributed by atoms with Gasteiger partial charge >= 0.3 is 5.97 Å². The van der Waals surface area contributed by atoms with Crippen molar-refractivity contribution in [1.29, 1.82) is 0 Å². The van der Waals surface area contributed by atoms with Crippen LogP contribution in [-0.4, -0.2) is 27.3 Å². The number of rotatable bonds is 3. The van der Waals surface area contributed by atoms with Crippen LogP contribution < -0.4 is 9.47 Å². The van der Waals surface area contributed by atoms with Crippen LogP contribution in [0.2, 0.25) is 0 Å². The fraction of sp³-hybridized carbons (Fsp3) is 0.300. The third kappa shape index (κ3) is 2.53. The molecule has 5 heteroatoms. The van der Waals surface area contributed by atoms with Gasteiger partial charge in [-0.1, -0.05) is 0 Å². The Kier molecular flexibility index (Phi) is 4.19. The van der Waals surface area contributed by atoms with E-state index in [2.05, 4.69) is 27.3 Å². The second-order valence-corrected chi connectivity index (χ2v) is 3.77. The van der Waals surface area contributed by atoms with E-state index < -0.39 is 5.97 Å². The van der Waals surface area contributed by atoms with Crippen molar-refractivity contribution in [3.8, 4) is 11.5 Å². The Balaban J connectivity index is 3.26. The molecule has 0 spiro atoms. The minimum atomic E-state index is -0.414. The molecule has 0 N–H and O–H groups in total. The Morgan fingerprint density at radius 1 is 1.13 bits per heavy atom. The van der Waals surface area contributed by atoms with E-state index in [1.807, 2.05) is 0 Å². The predicted octanol–water partition coefficient (Wildman–Crippen LogP) is 2.10. The quantitative estimate of drug-likeness (QED) is 0.631. The molecule has 0 saturated carbocycles. The first-order valence-electron chi connectivity index (χ1n) is 4.13. The van der Waals surface area contributed by atoms with Crippen molar-refractivity contribution >= 4 is 28.6 Å². The normalized spacial score (nSPS) is 9.60. The lowest BCUT2D eigenvalue weighted by Gasteiger charge is -2.10. The smallest absolute Gasteiger partial charge is 0.338 e. The van der Waals surface area contributed by atoms with E-state index in [0.717, 1.165) is 3.57 Å². The highest BCUT2D eigenvalue weighted by molar-refractivity contribution is 14.1. The average molecular weight is 322 g/mol. The van der Waals surface area contributed by atoms with Gasteiger partial charge in [0.15, 0.2) is 0 Å². The van der Waals surface area contributed by atoms with E-state index >= 15 is 0 Å². The highest BCUT2D eigenvalue weighted by atomic mass is 127. The zero-order valence-electron chi connectivity index (χ0n) is 8.67. The average Bonchev–Trinajstić information content (AvgIpc) is 2.28. The number of hydrogen-bond acceptors (Lipinski definition) is 4. The van der Waals surface area contributed by atoms with E-state index in [4.69, 9.17) is 9.47 Å². The molecule has 0 saturated heterocycles. The van der Waals surface area contributed by atoms with Crippen LogP contribution in [0.3, 0.4) is 0 Å². The van der Waals surface area contributed by atoms with Gasteiger partial charge in [0, 0.05) is 0 Å². The molecule has 0 heterocycles. The number of methoxy groups -OCH3 is 3.